The molecule has 110 valence electrons. The Morgan fingerprint density at radius 3 is 2.67 bits per heavy atom. The van der Waals surface area contributed by atoms with E-state index in [1.807, 2.05) is 18.2 Å². The highest BCUT2D eigenvalue weighted by molar-refractivity contribution is 6.05. The van der Waals surface area contributed by atoms with E-state index in [1.165, 1.54) is 0 Å². The Kier molecular flexibility index (Phi) is 3.27. The largest absolute Gasteiger partial charge is 0.322 e. The predicted molar refractivity (Wildman–Crippen MR) is 76.6 cm³/mol. The Balaban J connectivity index is 1.92. The van der Waals surface area contributed by atoms with E-state index in [0.29, 0.717) is 24.4 Å². The summed E-state index contributed by atoms with van der Waals surface area (Å²) in [5.74, 6) is -0.404. The Hall–Kier alpha value is -2.17. The Bertz CT molecular complexity index is 636. The fourth-order valence-corrected chi connectivity index (χ4v) is 3.15. The molecule has 5 nitrogen and oxygen atoms in total. The van der Waals surface area contributed by atoms with E-state index in [9.17, 15) is 14.4 Å². The molecule has 2 heterocycles. The molecule has 5 heteroatoms. The average molecular weight is 286 g/mol. The second-order valence-corrected chi connectivity index (χ2v) is 5.93. The zero-order valence-electron chi connectivity index (χ0n) is 12.2. The predicted octanol–water partition coefficient (Wildman–Crippen LogP) is 1.57. The minimum Gasteiger partial charge on any atom is -0.322 e. The van der Waals surface area contributed by atoms with Crippen LogP contribution in [0.4, 0.5) is 0 Å². The number of imide groups is 1. The lowest BCUT2D eigenvalue weighted by molar-refractivity contribution is -0.136. The van der Waals surface area contributed by atoms with Crippen molar-refractivity contribution in [2.45, 2.75) is 45.2 Å². The van der Waals surface area contributed by atoms with E-state index in [4.69, 9.17) is 0 Å². The van der Waals surface area contributed by atoms with Crippen molar-refractivity contribution in [3.8, 4) is 0 Å². The maximum absolute atomic E-state index is 12.6. The Morgan fingerprint density at radius 2 is 2.00 bits per heavy atom. The van der Waals surface area contributed by atoms with Crippen LogP contribution in [0.3, 0.4) is 0 Å². The van der Waals surface area contributed by atoms with Crippen molar-refractivity contribution < 1.29 is 14.4 Å². The lowest BCUT2D eigenvalue weighted by atomic mass is 9.95. The molecular formula is C16H18N2O3. The van der Waals surface area contributed by atoms with Gasteiger partial charge in [0, 0.05) is 18.5 Å². The highest BCUT2D eigenvalue weighted by Crippen LogP contribution is 2.32. The van der Waals surface area contributed by atoms with Crippen LogP contribution >= 0.6 is 0 Å². The van der Waals surface area contributed by atoms with Gasteiger partial charge in [-0.05, 0) is 29.5 Å². The molecule has 0 bridgehead atoms. The van der Waals surface area contributed by atoms with Gasteiger partial charge in [-0.15, -0.1) is 0 Å². The lowest BCUT2D eigenvalue weighted by Gasteiger charge is -2.29. The number of fused-ring (bicyclic) bond motifs is 1. The van der Waals surface area contributed by atoms with Crippen molar-refractivity contribution in [3.63, 3.8) is 0 Å². The quantitative estimate of drug-likeness (QED) is 0.839. The van der Waals surface area contributed by atoms with Crippen LogP contribution in [0, 0.1) is 0 Å². The number of hydrogen-bond donors (Lipinski definition) is 1. The summed E-state index contributed by atoms with van der Waals surface area (Å²) in [6.45, 7) is 4.64. The van der Waals surface area contributed by atoms with Gasteiger partial charge in [-0.25, -0.2) is 0 Å². The van der Waals surface area contributed by atoms with Crippen LogP contribution in [0.5, 0.6) is 0 Å². The zero-order valence-corrected chi connectivity index (χ0v) is 12.2. The molecule has 0 unspecified atom stereocenters. The Morgan fingerprint density at radius 1 is 1.24 bits per heavy atom. The Labute approximate surface area is 123 Å². The van der Waals surface area contributed by atoms with Gasteiger partial charge in [0.25, 0.3) is 5.91 Å². The molecule has 1 fully saturated rings. The third-order valence-electron chi connectivity index (χ3n) is 4.24. The normalized spacial score (nSPS) is 21.8. The topological polar surface area (TPSA) is 66.5 Å². The summed E-state index contributed by atoms with van der Waals surface area (Å²) in [4.78, 5) is 37.4. The summed E-state index contributed by atoms with van der Waals surface area (Å²) < 4.78 is 0. The SMILES string of the molecule is CC(C)c1cccc2c1CN([C@H]1CCC(=O)NC1=O)C2=O. The van der Waals surface area contributed by atoms with Gasteiger partial charge in [0.1, 0.15) is 6.04 Å². The molecule has 3 rings (SSSR count). The molecule has 3 amide bonds. The molecule has 0 aliphatic carbocycles. The number of rotatable bonds is 2. The first-order valence-corrected chi connectivity index (χ1v) is 7.25. The number of benzene rings is 1. The van der Waals surface area contributed by atoms with Gasteiger partial charge in [-0.3, -0.25) is 19.7 Å². The standard InChI is InChI=1S/C16H18N2O3/c1-9(2)10-4-3-5-11-12(10)8-18(16(11)21)13-6-7-14(19)17-15(13)20/h3-5,9,13H,6-8H2,1-2H3,(H,17,19,20)/t13-/m0/s1. The molecule has 1 saturated heterocycles. The van der Waals surface area contributed by atoms with E-state index in [2.05, 4.69) is 19.2 Å². The van der Waals surface area contributed by atoms with E-state index >= 15 is 0 Å². The zero-order chi connectivity index (χ0) is 15.1. The van der Waals surface area contributed by atoms with E-state index in [1.54, 1.807) is 4.90 Å². The third kappa shape index (κ3) is 2.22. The van der Waals surface area contributed by atoms with Gasteiger partial charge < -0.3 is 4.90 Å². The molecule has 2 aliphatic heterocycles. The van der Waals surface area contributed by atoms with Gasteiger partial charge >= 0.3 is 0 Å². The molecule has 1 aromatic carbocycles. The smallest absolute Gasteiger partial charge is 0.255 e. The molecule has 0 aromatic heterocycles. The minimum atomic E-state index is -0.539. The van der Waals surface area contributed by atoms with Crippen LogP contribution in [0.15, 0.2) is 18.2 Å². The molecule has 0 radical (unpaired) electrons. The minimum absolute atomic E-state index is 0.109. The number of amides is 3. The van der Waals surface area contributed by atoms with Gasteiger partial charge in [0.05, 0.1) is 0 Å². The summed E-state index contributed by atoms with van der Waals surface area (Å²) in [6, 6.07) is 5.20. The molecule has 1 aromatic rings. The molecule has 0 spiro atoms. The van der Waals surface area contributed by atoms with E-state index in [-0.39, 0.29) is 24.1 Å². The number of piperidine rings is 1. The summed E-state index contributed by atoms with van der Waals surface area (Å²) in [6.07, 6.45) is 0.689. The summed E-state index contributed by atoms with van der Waals surface area (Å²) >= 11 is 0. The lowest BCUT2D eigenvalue weighted by Crippen LogP contribution is -2.52. The van der Waals surface area contributed by atoms with Gasteiger partial charge in [-0.1, -0.05) is 26.0 Å². The van der Waals surface area contributed by atoms with Crippen LogP contribution in [0.2, 0.25) is 0 Å². The fourth-order valence-electron chi connectivity index (χ4n) is 3.15. The highest BCUT2D eigenvalue weighted by atomic mass is 16.2. The first kappa shape index (κ1) is 13.8. The molecule has 21 heavy (non-hydrogen) atoms. The first-order chi connectivity index (χ1) is 9.99. The monoisotopic (exact) mass is 286 g/mol. The second-order valence-electron chi connectivity index (χ2n) is 5.93. The van der Waals surface area contributed by atoms with Crippen molar-refractivity contribution in [2.75, 3.05) is 0 Å². The molecule has 0 saturated carbocycles. The second kappa shape index (κ2) is 4.98. The number of nitrogens with zero attached hydrogens (tertiary/aromatic N) is 1. The number of hydrogen-bond acceptors (Lipinski definition) is 3. The summed E-state index contributed by atoms with van der Waals surface area (Å²) in [5.41, 5.74) is 2.85. The van der Waals surface area contributed by atoms with Crippen molar-refractivity contribution >= 4 is 17.7 Å². The van der Waals surface area contributed by atoms with Gasteiger partial charge in [0.2, 0.25) is 11.8 Å². The van der Waals surface area contributed by atoms with Gasteiger partial charge in [-0.2, -0.15) is 0 Å². The molecule has 1 atom stereocenters. The van der Waals surface area contributed by atoms with E-state index in [0.717, 1.165) is 11.1 Å². The van der Waals surface area contributed by atoms with Crippen molar-refractivity contribution in [1.29, 1.82) is 0 Å². The maximum Gasteiger partial charge on any atom is 0.255 e. The number of carbonyl (C=O) groups excluding carboxylic acids is 3. The maximum atomic E-state index is 12.6. The van der Waals surface area contributed by atoms with Crippen LogP contribution in [-0.2, 0) is 16.1 Å². The van der Waals surface area contributed by atoms with Crippen LogP contribution in [0.1, 0.15) is 54.1 Å². The van der Waals surface area contributed by atoms with Crippen LogP contribution in [-0.4, -0.2) is 28.7 Å². The summed E-state index contributed by atoms with van der Waals surface area (Å²) in [7, 11) is 0. The molecular weight excluding hydrogens is 268 g/mol. The molecule has 1 N–H and O–H groups in total. The number of carbonyl (C=O) groups is 3. The van der Waals surface area contributed by atoms with Crippen LogP contribution < -0.4 is 5.32 Å². The number of nitrogens with one attached hydrogen (secondary N) is 1. The van der Waals surface area contributed by atoms with Crippen molar-refractivity contribution in [2.24, 2.45) is 0 Å². The average Bonchev–Trinajstić information content (AvgIpc) is 2.76. The van der Waals surface area contributed by atoms with Crippen molar-refractivity contribution in [1.82, 2.24) is 10.2 Å². The fraction of sp³-hybridized carbons (Fsp3) is 0.438. The summed E-state index contributed by atoms with van der Waals surface area (Å²) in [5, 5.41) is 2.32. The van der Waals surface area contributed by atoms with Gasteiger partial charge in [0.15, 0.2) is 0 Å². The molecule has 2 aliphatic rings. The van der Waals surface area contributed by atoms with Crippen LogP contribution in [0.25, 0.3) is 0 Å². The third-order valence-corrected chi connectivity index (χ3v) is 4.24. The first-order valence-electron chi connectivity index (χ1n) is 7.25. The van der Waals surface area contributed by atoms with Crippen molar-refractivity contribution in [3.05, 3.63) is 34.9 Å². The highest BCUT2D eigenvalue weighted by Gasteiger charge is 2.39. The van der Waals surface area contributed by atoms with E-state index < -0.39 is 6.04 Å².